The van der Waals surface area contributed by atoms with E-state index in [1.54, 1.807) is 18.2 Å². The molecule has 1 saturated heterocycles. The summed E-state index contributed by atoms with van der Waals surface area (Å²) in [5, 5.41) is 9.76. The van der Waals surface area contributed by atoms with Crippen LogP contribution in [0.4, 0.5) is 4.79 Å². The summed E-state index contributed by atoms with van der Waals surface area (Å²) in [6, 6.07) is 10.5. The molecule has 0 aliphatic carbocycles. The number of rotatable bonds is 3. The lowest BCUT2D eigenvalue weighted by Crippen LogP contribution is -2.36. The zero-order chi connectivity index (χ0) is 19.9. The third-order valence-electron chi connectivity index (χ3n) is 5.19. The molecule has 0 atom stereocenters. The molecule has 2 aromatic heterocycles. The third-order valence-corrected chi connectivity index (χ3v) is 6.30. The molecule has 0 radical (unpaired) electrons. The average Bonchev–Trinajstić information content (AvgIpc) is 3.11. The SMILES string of the molecule is CS(=O)(=O)c1ccc2oc(-c3ccc(C4CCN(C(=O)O)CC4)cn3)cc2c1. The molecule has 28 heavy (non-hydrogen) atoms. The van der Waals surface area contributed by atoms with Gasteiger partial charge in [-0.3, -0.25) is 4.98 Å². The Morgan fingerprint density at radius 3 is 2.54 bits per heavy atom. The van der Waals surface area contributed by atoms with Crippen LogP contribution in [0.5, 0.6) is 0 Å². The monoisotopic (exact) mass is 400 g/mol. The standard InChI is InChI=1S/C20H20N2O5S/c1-28(25,26)16-3-5-18-15(10-16)11-19(27-18)17-4-2-14(12-21-17)13-6-8-22(9-7-13)20(23)24/h2-5,10-13H,6-9H2,1H3,(H,23,24). The number of hydrogen-bond acceptors (Lipinski definition) is 5. The second kappa shape index (κ2) is 6.94. The van der Waals surface area contributed by atoms with Gasteiger partial charge in [0.1, 0.15) is 11.3 Å². The molecular formula is C20H20N2O5S. The van der Waals surface area contributed by atoms with Crippen LogP contribution in [-0.4, -0.2) is 48.8 Å². The first-order chi connectivity index (χ1) is 13.3. The Morgan fingerprint density at radius 2 is 1.93 bits per heavy atom. The maximum absolute atomic E-state index is 11.7. The fourth-order valence-corrected chi connectivity index (χ4v) is 4.23. The number of furan rings is 1. The highest BCUT2D eigenvalue weighted by molar-refractivity contribution is 7.90. The van der Waals surface area contributed by atoms with Gasteiger partial charge in [-0.15, -0.1) is 0 Å². The van der Waals surface area contributed by atoms with Crippen molar-refractivity contribution in [2.75, 3.05) is 19.3 Å². The van der Waals surface area contributed by atoms with E-state index in [0.29, 0.717) is 41.4 Å². The number of pyridine rings is 1. The Hall–Kier alpha value is -2.87. The number of aromatic nitrogens is 1. The van der Waals surface area contributed by atoms with Gasteiger partial charge in [-0.25, -0.2) is 13.2 Å². The van der Waals surface area contributed by atoms with Crippen molar-refractivity contribution in [1.29, 1.82) is 0 Å². The summed E-state index contributed by atoms with van der Waals surface area (Å²) in [6.07, 6.45) is 3.69. The van der Waals surface area contributed by atoms with Crippen molar-refractivity contribution in [3.05, 3.63) is 48.2 Å². The number of carboxylic acid groups (broad SMARTS) is 1. The van der Waals surface area contributed by atoms with Crippen LogP contribution in [0.15, 0.2) is 51.9 Å². The van der Waals surface area contributed by atoms with E-state index in [9.17, 15) is 13.2 Å². The predicted molar refractivity (Wildman–Crippen MR) is 104 cm³/mol. The molecule has 1 aromatic carbocycles. The molecule has 4 rings (SSSR count). The molecule has 0 unspecified atom stereocenters. The first kappa shape index (κ1) is 18.5. The number of fused-ring (bicyclic) bond motifs is 1. The number of sulfone groups is 1. The van der Waals surface area contributed by atoms with Crippen molar-refractivity contribution in [2.45, 2.75) is 23.7 Å². The van der Waals surface area contributed by atoms with E-state index in [1.165, 1.54) is 17.2 Å². The van der Waals surface area contributed by atoms with E-state index < -0.39 is 15.9 Å². The molecule has 146 valence electrons. The molecule has 1 fully saturated rings. The van der Waals surface area contributed by atoms with Crippen LogP contribution >= 0.6 is 0 Å². The van der Waals surface area contributed by atoms with Gasteiger partial charge in [0, 0.05) is 30.9 Å². The molecule has 1 amide bonds. The maximum Gasteiger partial charge on any atom is 0.407 e. The molecule has 7 nitrogen and oxygen atoms in total. The Labute approximate surface area is 162 Å². The lowest BCUT2D eigenvalue weighted by molar-refractivity contribution is 0.132. The topological polar surface area (TPSA) is 101 Å². The fourth-order valence-electron chi connectivity index (χ4n) is 3.57. The smallest absolute Gasteiger partial charge is 0.407 e. The molecule has 3 aromatic rings. The van der Waals surface area contributed by atoms with Gasteiger partial charge in [-0.1, -0.05) is 6.07 Å². The summed E-state index contributed by atoms with van der Waals surface area (Å²) in [5.41, 5.74) is 2.36. The number of hydrogen-bond donors (Lipinski definition) is 1. The minimum Gasteiger partial charge on any atom is -0.465 e. The lowest BCUT2D eigenvalue weighted by atomic mass is 9.90. The molecular weight excluding hydrogens is 380 g/mol. The normalized spacial score (nSPS) is 15.8. The maximum atomic E-state index is 11.7. The molecule has 0 saturated carbocycles. The number of benzene rings is 1. The Morgan fingerprint density at radius 1 is 1.18 bits per heavy atom. The van der Waals surface area contributed by atoms with Gasteiger partial charge in [0.15, 0.2) is 15.6 Å². The number of amides is 1. The second-order valence-electron chi connectivity index (χ2n) is 7.10. The number of nitrogens with zero attached hydrogens (tertiary/aromatic N) is 2. The summed E-state index contributed by atoms with van der Waals surface area (Å²) in [6.45, 7) is 1.07. The van der Waals surface area contributed by atoms with E-state index in [1.807, 2.05) is 18.3 Å². The summed E-state index contributed by atoms with van der Waals surface area (Å²) in [5.74, 6) is 0.873. The first-order valence-electron chi connectivity index (χ1n) is 8.99. The van der Waals surface area contributed by atoms with Crippen LogP contribution in [0.25, 0.3) is 22.4 Å². The Kier molecular flexibility index (Phi) is 4.58. The van der Waals surface area contributed by atoms with E-state index >= 15 is 0 Å². The van der Waals surface area contributed by atoms with Gasteiger partial charge in [-0.05, 0) is 54.7 Å². The average molecular weight is 400 g/mol. The van der Waals surface area contributed by atoms with E-state index in [0.717, 1.165) is 18.4 Å². The molecule has 1 aliphatic heterocycles. The summed E-state index contributed by atoms with van der Waals surface area (Å²) >= 11 is 0. The highest BCUT2D eigenvalue weighted by Crippen LogP contribution is 2.31. The van der Waals surface area contributed by atoms with Crippen LogP contribution < -0.4 is 0 Å². The molecule has 8 heteroatoms. The molecule has 1 aliphatic rings. The van der Waals surface area contributed by atoms with Crippen molar-refractivity contribution < 1.29 is 22.7 Å². The summed E-state index contributed by atoms with van der Waals surface area (Å²) in [7, 11) is -3.27. The van der Waals surface area contributed by atoms with Crippen LogP contribution in [0.1, 0.15) is 24.3 Å². The van der Waals surface area contributed by atoms with Crippen LogP contribution in [-0.2, 0) is 9.84 Å². The van der Waals surface area contributed by atoms with Gasteiger partial charge < -0.3 is 14.4 Å². The van der Waals surface area contributed by atoms with Crippen LogP contribution in [0.2, 0.25) is 0 Å². The van der Waals surface area contributed by atoms with E-state index in [-0.39, 0.29) is 4.90 Å². The molecule has 0 bridgehead atoms. The van der Waals surface area contributed by atoms with Gasteiger partial charge in [0.25, 0.3) is 0 Å². The molecule has 1 N–H and O–H groups in total. The number of piperidine rings is 1. The number of likely N-dealkylation sites (tertiary alicyclic amines) is 1. The van der Waals surface area contributed by atoms with Crippen molar-refractivity contribution >= 4 is 26.9 Å². The quantitative estimate of drug-likeness (QED) is 0.718. The van der Waals surface area contributed by atoms with Gasteiger partial charge in [0.05, 0.1) is 4.90 Å². The zero-order valence-corrected chi connectivity index (χ0v) is 16.1. The van der Waals surface area contributed by atoms with Gasteiger partial charge in [-0.2, -0.15) is 0 Å². The zero-order valence-electron chi connectivity index (χ0n) is 15.3. The van der Waals surface area contributed by atoms with Crippen LogP contribution in [0, 0.1) is 0 Å². The van der Waals surface area contributed by atoms with Crippen molar-refractivity contribution in [2.24, 2.45) is 0 Å². The van der Waals surface area contributed by atoms with Crippen molar-refractivity contribution in [3.8, 4) is 11.5 Å². The predicted octanol–water partition coefficient (Wildman–Crippen LogP) is 3.76. The van der Waals surface area contributed by atoms with E-state index in [2.05, 4.69) is 4.98 Å². The van der Waals surface area contributed by atoms with Crippen molar-refractivity contribution in [1.82, 2.24) is 9.88 Å². The van der Waals surface area contributed by atoms with Crippen molar-refractivity contribution in [3.63, 3.8) is 0 Å². The minimum absolute atomic E-state index is 0.253. The summed E-state index contributed by atoms with van der Waals surface area (Å²) in [4.78, 5) is 17.2. The minimum atomic E-state index is -3.27. The van der Waals surface area contributed by atoms with Gasteiger partial charge in [0.2, 0.25) is 0 Å². The molecule has 3 heterocycles. The second-order valence-corrected chi connectivity index (χ2v) is 9.12. The largest absolute Gasteiger partial charge is 0.465 e. The van der Waals surface area contributed by atoms with Crippen LogP contribution in [0.3, 0.4) is 0 Å². The Bertz CT molecular complexity index is 1130. The lowest BCUT2D eigenvalue weighted by Gasteiger charge is -2.30. The first-order valence-corrected chi connectivity index (χ1v) is 10.9. The molecule has 0 spiro atoms. The third kappa shape index (κ3) is 3.60. The highest BCUT2D eigenvalue weighted by atomic mass is 32.2. The Balaban J connectivity index is 1.55. The summed E-state index contributed by atoms with van der Waals surface area (Å²) < 4.78 is 29.3. The number of carbonyl (C=O) groups is 1. The van der Waals surface area contributed by atoms with Gasteiger partial charge >= 0.3 is 6.09 Å². The highest BCUT2D eigenvalue weighted by Gasteiger charge is 2.23. The van der Waals surface area contributed by atoms with E-state index in [4.69, 9.17) is 9.52 Å². The fraction of sp³-hybridized carbons (Fsp3) is 0.300.